The van der Waals surface area contributed by atoms with Gasteiger partial charge in [0.2, 0.25) is 0 Å². The van der Waals surface area contributed by atoms with Crippen molar-refractivity contribution < 1.29 is 19.1 Å². The quantitative estimate of drug-likeness (QED) is 0.942. The Labute approximate surface area is 132 Å². The van der Waals surface area contributed by atoms with Crippen LogP contribution in [0.5, 0.6) is 0 Å². The van der Waals surface area contributed by atoms with E-state index < -0.39 is 11.9 Å². The van der Waals surface area contributed by atoms with Crippen molar-refractivity contribution in [3.63, 3.8) is 0 Å². The van der Waals surface area contributed by atoms with Gasteiger partial charge in [0.15, 0.2) is 5.76 Å². The highest BCUT2D eigenvalue weighted by Gasteiger charge is 2.25. The van der Waals surface area contributed by atoms with Crippen molar-refractivity contribution in [3.8, 4) is 0 Å². The molecule has 1 amide bonds. The van der Waals surface area contributed by atoms with Crippen LogP contribution >= 0.6 is 11.3 Å². The maximum atomic E-state index is 12.2. The number of aryl methyl sites for hydroxylation is 1. The minimum atomic E-state index is -1.24. The molecular weight excluding hydrogens is 302 g/mol. The van der Waals surface area contributed by atoms with Gasteiger partial charge in [0.1, 0.15) is 10.8 Å². The molecule has 3 rings (SSSR count). The van der Waals surface area contributed by atoms with Crippen LogP contribution in [0.3, 0.4) is 0 Å². The first-order chi connectivity index (χ1) is 10.5. The molecule has 2 aromatic rings. The summed E-state index contributed by atoms with van der Waals surface area (Å²) >= 11 is 1.33. The molecule has 0 aliphatic heterocycles. The Balaban J connectivity index is 1.93. The van der Waals surface area contributed by atoms with Crippen molar-refractivity contribution in [3.05, 3.63) is 39.7 Å². The first-order valence-electron chi connectivity index (χ1n) is 7.19. The average molecular weight is 318 g/mol. The number of hydrogen-bond donors (Lipinski definition) is 1. The van der Waals surface area contributed by atoms with Crippen LogP contribution in [0.2, 0.25) is 0 Å². The minimum absolute atomic E-state index is 0.128. The highest BCUT2D eigenvalue weighted by atomic mass is 32.1. The zero-order valence-electron chi connectivity index (χ0n) is 12.4. The van der Waals surface area contributed by atoms with E-state index in [-0.39, 0.29) is 11.3 Å². The Morgan fingerprint density at radius 2 is 2.18 bits per heavy atom. The first kappa shape index (κ1) is 14.8. The van der Waals surface area contributed by atoms with E-state index >= 15 is 0 Å². The SMILES string of the molecule is Cc1ccc(C(=O)Nc2sc3c(c2C(=O)[O-])CC[C@H](C)C3)o1. The lowest BCUT2D eigenvalue weighted by atomic mass is 9.88. The summed E-state index contributed by atoms with van der Waals surface area (Å²) in [7, 11) is 0. The zero-order chi connectivity index (χ0) is 15.9. The second kappa shape index (κ2) is 5.61. The minimum Gasteiger partial charge on any atom is -0.545 e. The lowest BCUT2D eigenvalue weighted by Crippen LogP contribution is -2.26. The van der Waals surface area contributed by atoms with E-state index in [4.69, 9.17) is 4.42 Å². The number of carboxylic acids is 1. The molecule has 2 aromatic heterocycles. The first-order valence-corrected chi connectivity index (χ1v) is 8.01. The number of anilines is 1. The molecule has 5 nitrogen and oxygen atoms in total. The van der Waals surface area contributed by atoms with Gasteiger partial charge in [-0.2, -0.15) is 0 Å². The van der Waals surface area contributed by atoms with Crippen LogP contribution in [0.4, 0.5) is 5.00 Å². The van der Waals surface area contributed by atoms with Crippen LogP contribution in [0, 0.1) is 12.8 Å². The number of nitrogens with one attached hydrogen (secondary N) is 1. The highest BCUT2D eigenvalue weighted by Crippen LogP contribution is 2.39. The monoisotopic (exact) mass is 318 g/mol. The fourth-order valence-electron chi connectivity index (χ4n) is 2.78. The molecule has 116 valence electrons. The summed E-state index contributed by atoms with van der Waals surface area (Å²) in [5.74, 6) is -0.358. The standard InChI is InChI=1S/C16H17NO4S/c1-8-3-5-10-12(7-8)22-15(13(10)16(19)20)17-14(18)11-6-4-9(2)21-11/h4,6,8H,3,5,7H2,1-2H3,(H,17,18)(H,19,20)/p-1/t8-/m0/s1. The van der Waals surface area contributed by atoms with Crippen molar-refractivity contribution in [1.82, 2.24) is 0 Å². The maximum Gasteiger partial charge on any atom is 0.291 e. The second-order valence-electron chi connectivity index (χ2n) is 5.71. The molecule has 0 spiro atoms. The molecular formula is C16H16NO4S-. The summed E-state index contributed by atoms with van der Waals surface area (Å²) in [6, 6.07) is 3.26. The molecule has 0 saturated carbocycles. The van der Waals surface area contributed by atoms with Gasteiger partial charge in [0, 0.05) is 10.4 Å². The van der Waals surface area contributed by atoms with Crippen LogP contribution in [-0.4, -0.2) is 11.9 Å². The fourth-order valence-corrected chi connectivity index (χ4v) is 4.17. The number of furan rings is 1. The number of rotatable bonds is 3. The lowest BCUT2D eigenvalue weighted by molar-refractivity contribution is -0.254. The van der Waals surface area contributed by atoms with Gasteiger partial charge in [-0.1, -0.05) is 6.92 Å². The van der Waals surface area contributed by atoms with Gasteiger partial charge in [-0.05, 0) is 49.8 Å². The topological polar surface area (TPSA) is 82.4 Å². The number of aromatic carboxylic acids is 1. The van der Waals surface area contributed by atoms with E-state index in [0.717, 1.165) is 23.3 Å². The van der Waals surface area contributed by atoms with Crippen LogP contribution in [0.15, 0.2) is 16.5 Å². The van der Waals surface area contributed by atoms with Crippen LogP contribution < -0.4 is 10.4 Å². The molecule has 1 aliphatic carbocycles. The Hall–Kier alpha value is -2.08. The van der Waals surface area contributed by atoms with Gasteiger partial charge < -0.3 is 19.6 Å². The number of thiophene rings is 1. The van der Waals surface area contributed by atoms with Gasteiger partial charge >= 0.3 is 0 Å². The van der Waals surface area contributed by atoms with Crippen LogP contribution in [0.25, 0.3) is 0 Å². The molecule has 0 unspecified atom stereocenters. The predicted molar refractivity (Wildman–Crippen MR) is 81.2 cm³/mol. The number of hydrogen-bond acceptors (Lipinski definition) is 5. The third-order valence-electron chi connectivity index (χ3n) is 3.91. The van der Waals surface area contributed by atoms with E-state index in [9.17, 15) is 14.7 Å². The normalized spacial score (nSPS) is 17.1. The van der Waals surface area contributed by atoms with E-state index in [2.05, 4.69) is 12.2 Å². The van der Waals surface area contributed by atoms with Crippen molar-refractivity contribution in [2.45, 2.75) is 33.1 Å². The van der Waals surface area contributed by atoms with Gasteiger partial charge in [0.25, 0.3) is 5.91 Å². The number of carboxylic acid groups (broad SMARTS) is 1. The van der Waals surface area contributed by atoms with Crippen molar-refractivity contribution in [2.75, 3.05) is 5.32 Å². The number of amides is 1. The number of carbonyl (C=O) groups is 2. The van der Waals surface area contributed by atoms with E-state index in [1.807, 2.05) is 0 Å². The van der Waals surface area contributed by atoms with Crippen LogP contribution in [-0.2, 0) is 12.8 Å². The summed E-state index contributed by atoms with van der Waals surface area (Å²) in [5.41, 5.74) is 0.942. The predicted octanol–water partition coefficient (Wildman–Crippen LogP) is 2.39. The van der Waals surface area contributed by atoms with Crippen molar-refractivity contribution in [2.24, 2.45) is 5.92 Å². The molecule has 1 aliphatic rings. The molecule has 0 aromatic carbocycles. The van der Waals surface area contributed by atoms with E-state index in [0.29, 0.717) is 23.1 Å². The second-order valence-corrected chi connectivity index (χ2v) is 6.81. The zero-order valence-corrected chi connectivity index (χ0v) is 13.2. The summed E-state index contributed by atoms with van der Waals surface area (Å²) in [4.78, 5) is 24.7. The number of fused-ring (bicyclic) bond motifs is 1. The summed E-state index contributed by atoms with van der Waals surface area (Å²) < 4.78 is 5.27. The third kappa shape index (κ3) is 2.66. The summed E-state index contributed by atoms with van der Waals surface area (Å²) in [6.07, 6.45) is 2.51. The molecule has 6 heteroatoms. The van der Waals surface area contributed by atoms with Gasteiger partial charge in [-0.25, -0.2) is 0 Å². The molecule has 1 N–H and O–H groups in total. The van der Waals surface area contributed by atoms with Crippen molar-refractivity contribution >= 4 is 28.2 Å². The fraction of sp³-hybridized carbons (Fsp3) is 0.375. The molecule has 22 heavy (non-hydrogen) atoms. The molecule has 0 radical (unpaired) electrons. The smallest absolute Gasteiger partial charge is 0.291 e. The van der Waals surface area contributed by atoms with Crippen molar-refractivity contribution in [1.29, 1.82) is 0 Å². The van der Waals surface area contributed by atoms with E-state index in [1.54, 1.807) is 19.1 Å². The van der Waals surface area contributed by atoms with Crippen LogP contribution in [0.1, 0.15) is 50.5 Å². The lowest BCUT2D eigenvalue weighted by Gasteiger charge is -2.19. The summed E-state index contributed by atoms with van der Waals surface area (Å²) in [6.45, 7) is 3.89. The third-order valence-corrected chi connectivity index (χ3v) is 5.08. The van der Waals surface area contributed by atoms with Gasteiger partial charge in [-0.3, -0.25) is 4.79 Å². The van der Waals surface area contributed by atoms with E-state index in [1.165, 1.54) is 11.3 Å². The molecule has 1 atom stereocenters. The Kier molecular flexibility index (Phi) is 3.78. The summed E-state index contributed by atoms with van der Waals surface area (Å²) in [5, 5.41) is 14.5. The Morgan fingerprint density at radius 3 is 2.82 bits per heavy atom. The molecule has 0 fully saturated rings. The molecule has 0 bridgehead atoms. The van der Waals surface area contributed by atoms with Gasteiger partial charge in [0.05, 0.1) is 5.97 Å². The van der Waals surface area contributed by atoms with Gasteiger partial charge in [-0.15, -0.1) is 11.3 Å². The largest absolute Gasteiger partial charge is 0.545 e. The number of carbonyl (C=O) groups excluding carboxylic acids is 2. The average Bonchev–Trinajstić information content (AvgIpc) is 3.01. The maximum absolute atomic E-state index is 12.2. The Bertz CT molecular complexity index is 743. The highest BCUT2D eigenvalue weighted by molar-refractivity contribution is 7.17. The Morgan fingerprint density at radius 1 is 1.41 bits per heavy atom. The molecule has 0 saturated heterocycles. The molecule has 2 heterocycles.